The van der Waals surface area contributed by atoms with E-state index in [0.717, 1.165) is 12.3 Å². The summed E-state index contributed by atoms with van der Waals surface area (Å²) < 4.78 is 0. The van der Waals surface area contributed by atoms with Crippen LogP contribution < -0.4 is 0 Å². The maximum atomic E-state index is 2.49. The standard InChI is InChI=1S/C14H30.C8H10/c1-6-10-14(5,11-7-2)12-9-13(4)8-3;1-2-8-6-4-3-5-7-8/h13H,6-12H2,1-5H3;3-7H,2H2,1H3. The summed E-state index contributed by atoms with van der Waals surface area (Å²) in [5.74, 6) is 0.919. The van der Waals surface area contributed by atoms with Crippen LogP contribution in [0.15, 0.2) is 30.3 Å². The minimum absolute atomic E-state index is 0.632. The second-order valence-corrected chi connectivity index (χ2v) is 7.20. The average Bonchev–Trinajstić information content (AvgIpc) is 2.54. The van der Waals surface area contributed by atoms with E-state index in [2.05, 4.69) is 65.8 Å². The van der Waals surface area contributed by atoms with E-state index in [1.165, 1.54) is 50.5 Å². The summed E-state index contributed by atoms with van der Waals surface area (Å²) >= 11 is 0. The highest BCUT2D eigenvalue weighted by Gasteiger charge is 2.22. The molecule has 0 heterocycles. The highest BCUT2D eigenvalue weighted by atomic mass is 14.3. The van der Waals surface area contributed by atoms with E-state index in [0.29, 0.717) is 5.41 Å². The van der Waals surface area contributed by atoms with Crippen LogP contribution in [0, 0.1) is 11.3 Å². The third kappa shape index (κ3) is 10.0. The normalized spacial score (nSPS) is 12.5. The molecular formula is C22H40. The van der Waals surface area contributed by atoms with Crippen molar-refractivity contribution in [3.63, 3.8) is 0 Å². The van der Waals surface area contributed by atoms with E-state index in [1.807, 2.05) is 6.07 Å². The van der Waals surface area contributed by atoms with E-state index in [9.17, 15) is 0 Å². The summed E-state index contributed by atoms with van der Waals surface area (Å²) in [6.07, 6.45) is 10.9. The van der Waals surface area contributed by atoms with Gasteiger partial charge in [0.1, 0.15) is 0 Å². The summed E-state index contributed by atoms with van der Waals surface area (Å²) in [6.45, 7) is 14.0. The molecule has 0 bridgehead atoms. The zero-order chi connectivity index (χ0) is 16.8. The van der Waals surface area contributed by atoms with Crippen LogP contribution in [-0.4, -0.2) is 0 Å². The molecule has 1 aromatic rings. The molecule has 0 N–H and O–H groups in total. The largest absolute Gasteiger partial charge is 0.0654 e. The second kappa shape index (κ2) is 12.7. The third-order valence-corrected chi connectivity index (χ3v) is 4.90. The Morgan fingerprint density at radius 2 is 1.41 bits per heavy atom. The Hall–Kier alpha value is -0.780. The van der Waals surface area contributed by atoms with Crippen LogP contribution in [-0.2, 0) is 6.42 Å². The fraction of sp³-hybridized carbons (Fsp3) is 0.727. The lowest BCUT2D eigenvalue weighted by Gasteiger charge is -2.30. The first kappa shape index (κ1) is 21.2. The van der Waals surface area contributed by atoms with Crippen molar-refractivity contribution in [1.29, 1.82) is 0 Å². The van der Waals surface area contributed by atoms with Crippen LogP contribution in [0.4, 0.5) is 0 Å². The van der Waals surface area contributed by atoms with Crippen molar-refractivity contribution in [2.45, 2.75) is 92.9 Å². The highest BCUT2D eigenvalue weighted by Crippen LogP contribution is 2.35. The summed E-state index contributed by atoms with van der Waals surface area (Å²) in [4.78, 5) is 0. The summed E-state index contributed by atoms with van der Waals surface area (Å²) in [5, 5.41) is 0. The average molecular weight is 305 g/mol. The molecule has 1 unspecified atom stereocenters. The molecule has 0 saturated carbocycles. The first-order valence-electron chi connectivity index (χ1n) is 9.55. The molecule has 0 radical (unpaired) electrons. The molecule has 0 saturated heterocycles. The predicted molar refractivity (Wildman–Crippen MR) is 102 cm³/mol. The number of hydrogen-bond acceptors (Lipinski definition) is 0. The van der Waals surface area contributed by atoms with Gasteiger partial charge in [-0.25, -0.2) is 0 Å². The van der Waals surface area contributed by atoms with Crippen molar-refractivity contribution in [2.75, 3.05) is 0 Å². The molecule has 0 spiro atoms. The van der Waals surface area contributed by atoms with Crippen LogP contribution in [0.25, 0.3) is 0 Å². The first-order valence-corrected chi connectivity index (χ1v) is 9.55. The molecule has 1 atom stereocenters. The van der Waals surface area contributed by atoms with Crippen molar-refractivity contribution < 1.29 is 0 Å². The van der Waals surface area contributed by atoms with Gasteiger partial charge in [-0.3, -0.25) is 0 Å². The van der Waals surface area contributed by atoms with Gasteiger partial charge >= 0.3 is 0 Å². The maximum Gasteiger partial charge on any atom is -0.0307 e. The van der Waals surface area contributed by atoms with Crippen LogP contribution >= 0.6 is 0 Å². The SMILES string of the molecule is CCCC(C)(CCC)CCC(C)CC.CCc1ccccc1. The van der Waals surface area contributed by atoms with Gasteiger partial charge < -0.3 is 0 Å². The second-order valence-electron chi connectivity index (χ2n) is 7.20. The molecule has 0 amide bonds. The monoisotopic (exact) mass is 304 g/mol. The van der Waals surface area contributed by atoms with Crippen molar-refractivity contribution in [1.82, 2.24) is 0 Å². The number of aryl methyl sites for hydroxylation is 1. The molecule has 22 heavy (non-hydrogen) atoms. The summed E-state index contributed by atoms with van der Waals surface area (Å²) in [7, 11) is 0. The van der Waals surface area contributed by atoms with Gasteiger partial charge in [0.05, 0.1) is 0 Å². The van der Waals surface area contributed by atoms with E-state index in [4.69, 9.17) is 0 Å². The van der Waals surface area contributed by atoms with Crippen LogP contribution in [0.5, 0.6) is 0 Å². The number of benzene rings is 1. The molecule has 128 valence electrons. The number of rotatable bonds is 9. The zero-order valence-corrected chi connectivity index (χ0v) is 16.1. The van der Waals surface area contributed by atoms with E-state index < -0.39 is 0 Å². The topological polar surface area (TPSA) is 0 Å². The smallest absolute Gasteiger partial charge is 0.0307 e. The fourth-order valence-electron chi connectivity index (χ4n) is 3.09. The number of hydrogen-bond donors (Lipinski definition) is 0. The predicted octanol–water partition coefficient (Wildman–Crippen LogP) is 7.67. The minimum atomic E-state index is 0.632. The molecule has 0 aromatic heterocycles. The molecule has 0 heteroatoms. The van der Waals surface area contributed by atoms with Crippen molar-refractivity contribution in [3.05, 3.63) is 35.9 Å². The quantitative estimate of drug-likeness (QED) is 0.439. The Bertz CT molecular complexity index is 332. The van der Waals surface area contributed by atoms with Crippen LogP contribution in [0.3, 0.4) is 0 Å². The van der Waals surface area contributed by atoms with Gasteiger partial charge in [0.25, 0.3) is 0 Å². The Morgan fingerprint density at radius 1 is 0.864 bits per heavy atom. The van der Waals surface area contributed by atoms with E-state index in [-0.39, 0.29) is 0 Å². The lowest BCUT2D eigenvalue weighted by molar-refractivity contribution is 0.222. The third-order valence-electron chi connectivity index (χ3n) is 4.90. The Morgan fingerprint density at radius 3 is 1.77 bits per heavy atom. The molecular weight excluding hydrogens is 264 g/mol. The van der Waals surface area contributed by atoms with Crippen molar-refractivity contribution in [3.8, 4) is 0 Å². The van der Waals surface area contributed by atoms with Gasteiger partial charge in [0.15, 0.2) is 0 Å². The van der Waals surface area contributed by atoms with Crippen molar-refractivity contribution >= 4 is 0 Å². The molecule has 0 aliphatic carbocycles. The summed E-state index contributed by atoms with van der Waals surface area (Å²) in [6, 6.07) is 10.5. The van der Waals surface area contributed by atoms with E-state index in [1.54, 1.807) is 0 Å². The Kier molecular flexibility index (Phi) is 12.3. The molecule has 0 fully saturated rings. The van der Waals surface area contributed by atoms with Gasteiger partial charge in [0, 0.05) is 0 Å². The minimum Gasteiger partial charge on any atom is -0.0654 e. The lowest BCUT2D eigenvalue weighted by atomic mass is 9.76. The van der Waals surface area contributed by atoms with Gasteiger partial charge in [-0.2, -0.15) is 0 Å². The van der Waals surface area contributed by atoms with Crippen LogP contribution in [0.1, 0.15) is 92.1 Å². The lowest BCUT2D eigenvalue weighted by Crippen LogP contribution is -2.17. The maximum absolute atomic E-state index is 2.49. The summed E-state index contributed by atoms with van der Waals surface area (Å²) in [5.41, 5.74) is 2.04. The van der Waals surface area contributed by atoms with Gasteiger partial charge in [-0.15, -0.1) is 0 Å². The van der Waals surface area contributed by atoms with E-state index >= 15 is 0 Å². The Labute approximate surface area is 140 Å². The Balaban J connectivity index is 0.000000461. The molecule has 1 rings (SSSR count). The molecule has 0 aliphatic heterocycles. The molecule has 0 aliphatic rings. The van der Waals surface area contributed by atoms with Crippen molar-refractivity contribution in [2.24, 2.45) is 11.3 Å². The highest BCUT2D eigenvalue weighted by molar-refractivity contribution is 5.13. The zero-order valence-electron chi connectivity index (χ0n) is 16.1. The fourth-order valence-corrected chi connectivity index (χ4v) is 3.09. The van der Waals surface area contributed by atoms with Crippen LogP contribution in [0.2, 0.25) is 0 Å². The first-order chi connectivity index (χ1) is 10.5. The van der Waals surface area contributed by atoms with Gasteiger partial charge in [0.2, 0.25) is 0 Å². The molecule has 1 aromatic carbocycles. The van der Waals surface area contributed by atoms with Gasteiger partial charge in [-0.05, 0) is 42.6 Å². The van der Waals surface area contributed by atoms with Gasteiger partial charge in [-0.1, -0.05) is 97.6 Å². The molecule has 0 nitrogen and oxygen atoms in total.